The molecule has 0 unspecified atom stereocenters. The maximum absolute atomic E-state index is 12.3. The standard InChI is InChI=1S/C20H23N3O3S/c1-3-12-26-17-11-7-6-10-16(17)19(25)22-23-20(27)21-18(24)13-15-9-5-4-8-14(15)2/h4-11H,3,12-13H2,1-2H3,(H,22,25)(H2,21,23,24,27). The summed E-state index contributed by atoms with van der Waals surface area (Å²) in [5, 5.41) is 2.57. The van der Waals surface area contributed by atoms with Crippen LogP contribution in [0.1, 0.15) is 34.8 Å². The molecule has 0 heterocycles. The summed E-state index contributed by atoms with van der Waals surface area (Å²) in [4.78, 5) is 24.4. The molecular weight excluding hydrogens is 362 g/mol. The molecule has 0 radical (unpaired) electrons. The molecule has 142 valence electrons. The number of ether oxygens (including phenoxy) is 1. The Labute approximate surface area is 164 Å². The fraction of sp³-hybridized carbons (Fsp3) is 0.250. The van der Waals surface area contributed by atoms with E-state index >= 15 is 0 Å². The van der Waals surface area contributed by atoms with Gasteiger partial charge in [-0.25, -0.2) is 0 Å². The van der Waals surface area contributed by atoms with Crippen molar-refractivity contribution in [1.82, 2.24) is 16.2 Å². The van der Waals surface area contributed by atoms with Crippen LogP contribution in [-0.2, 0) is 11.2 Å². The Kier molecular flexibility index (Phi) is 7.76. The second-order valence-electron chi connectivity index (χ2n) is 5.90. The van der Waals surface area contributed by atoms with E-state index in [1.165, 1.54) is 0 Å². The number of aryl methyl sites for hydroxylation is 1. The van der Waals surface area contributed by atoms with Crippen LogP contribution in [0.5, 0.6) is 5.75 Å². The Balaban J connectivity index is 1.85. The SMILES string of the molecule is CCCOc1ccccc1C(=O)NNC(=S)NC(=O)Cc1ccccc1C. The van der Waals surface area contributed by atoms with Gasteiger partial charge in [0.15, 0.2) is 5.11 Å². The lowest BCUT2D eigenvalue weighted by Crippen LogP contribution is -2.48. The molecule has 2 amide bonds. The zero-order valence-electron chi connectivity index (χ0n) is 15.4. The molecule has 0 bridgehead atoms. The Morgan fingerprint density at radius 1 is 1.04 bits per heavy atom. The number of amides is 2. The van der Waals surface area contributed by atoms with Crippen LogP contribution < -0.4 is 20.9 Å². The van der Waals surface area contributed by atoms with E-state index in [1.54, 1.807) is 24.3 Å². The van der Waals surface area contributed by atoms with Crippen LogP contribution >= 0.6 is 12.2 Å². The molecule has 2 aromatic carbocycles. The van der Waals surface area contributed by atoms with Crippen LogP contribution in [0.4, 0.5) is 0 Å². The summed E-state index contributed by atoms with van der Waals surface area (Å²) in [5.41, 5.74) is 7.34. The van der Waals surface area contributed by atoms with Gasteiger partial charge in [0.2, 0.25) is 5.91 Å². The first kappa shape index (κ1) is 20.4. The zero-order valence-corrected chi connectivity index (χ0v) is 16.2. The fourth-order valence-electron chi connectivity index (χ4n) is 2.36. The molecule has 6 nitrogen and oxygen atoms in total. The summed E-state index contributed by atoms with van der Waals surface area (Å²) in [6.07, 6.45) is 1.04. The second-order valence-corrected chi connectivity index (χ2v) is 6.31. The van der Waals surface area contributed by atoms with Gasteiger partial charge in [0, 0.05) is 0 Å². The highest BCUT2D eigenvalue weighted by molar-refractivity contribution is 7.80. The summed E-state index contributed by atoms with van der Waals surface area (Å²) in [5.74, 6) is -0.173. The second kappa shape index (κ2) is 10.3. The Bertz CT molecular complexity index is 824. The van der Waals surface area contributed by atoms with Gasteiger partial charge in [-0.3, -0.25) is 20.4 Å². The van der Waals surface area contributed by atoms with E-state index in [2.05, 4.69) is 16.2 Å². The van der Waals surface area contributed by atoms with E-state index in [-0.39, 0.29) is 17.4 Å². The van der Waals surface area contributed by atoms with E-state index in [9.17, 15) is 9.59 Å². The molecule has 0 atom stereocenters. The highest BCUT2D eigenvalue weighted by Crippen LogP contribution is 2.17. The van der Waals surface area contributed by atoms with Crippen LogP contribution in [0, 0.1) is 6.92 Å². The van der Waals surface area contributed by atoms with E-state index in [0.717, 1.165) is 17.5 Å². The van der Waals surface area contributed by atoms with E-state index in [0.29, 0.717) is 17.9 Å². The average molecular weight is 385 g/mol. The van der Waals surface area contributed by atoms with Gasteiger partial charge in [0.1, 0.15) is 5.75 Å². The van der Waals surface area contributed by atoms with E-state index in [4.69, 9.17) is 17.0 Å². The summed E-state index contributed by atoms with van der Waals surface area (Å²) >= 11 is 5.06. The first-order valence-electron chi connectivity index (χ1n) is 8.67. The number of benzene rings is 2. The van der Waals surface area contributed by atoms with Gasteiger partial charge >= 0.3 is 0 Å². The summed E-state index contributed by atoms with van der Waals surface area (Å²) in [6, 6.07) is 14.6. The molecule has 0 fully saturated rings. The molecule has 0 aliphatic heterocycles. The number of hydrogen-bond donors (Lipinski definition) is 3. The molecule has 2 rings (SSSR count). The van der Waals surface area contributed by atoms with Crippen molar-refractivity contribution in [3.05, 3.63) is 65.2 Å². The quantitative estimate of drug-likeness (QED) is 0.526. The minimum absolute atomic E-state index is 0.0221. The third kappa shape index (κ3) is 6.38. The first-order chi connectivity index (χ1) is 13.0. The average Bonchev–Trinajstić information content (AvgIpc) is 2.66. The molecule has 2 aromatic rings. The van der Waals surface area contributed by atoms with Gasteiger partial charge in [0.25, 0.3) is 5.91 Å². The van der Waals surface area contributed by atoms with Crippen LogP contribution in [0.2, 0.25) is 0 Å². The smallest absolute Gasteiger partial charge is 0.273 e. The van der Waals surface area contributed by atoms with Gasteiger partial charge < -0.3 is 10.1 Å². The van der Waals surface area contributed by atoms with Crippen molar-refractivity contribution in [1.29, 1.82) is 0 Å². The largest absolute Gasteiger partial charge is 0.493 e. The lowest BCUT2D eigenvalue weighted by Gasteiger charge is -2.13. The van der Waals surface area contributed by atoms with Crippen molar-refractivity contribution >= 4 is 29.1 Å². The van der Waals surface area contributed by atoms with Gasteiger partial charge in [-0.05, 0) is 48.8 Å². The predicted octanol–water partition coefficient (Wildman–Crippen LogP) is 2.66. The topological polar surface area (TPSA) is 79.5 Å². The summed E-state index contributed by atoms with van der Waals surface area (Å²) in [6.45, 7) is 4.45. The zero-order chi connectivity index (χ0) is 19.6. The van der Waals surface area contributed by atoms with Gasteiger partial charge in [-0.15, -0.1) is 0 Å². The maximum atomic E-state index is 12.3. The molecule has 27 heavy (non-hydrogen) atoms. The van der Waals surface area contributed by atoms with Crippen molar-refractivity contribution in [3.8, 4) is 5.75 Å². The molecular formula is C20H23N3O3S. The molecule has 0 saturated carbocycles. The molecule has 3 N–H and O–H groups in total. The lowest BCUT2D eigenvalue weighted by molar-refractivity contribution is -0.119. The molecule has 0 aliphatic carbocycles. The Hall–Kier alpha value is -2.93. The fourth-order valence-corrected chi connectivity index (χ4v) is 2.52. The van der Waals surface area contributed by atoms with Gasteiger partial charge in [-0.1, -0.05) is 43.3 Å². The summed E-state index contributed by atoms with van der Waals surface area (Å²) < 4.78 is 5.57. The molecule has 0 aromatic heterocycles. The maximum Gasteiger partial charge on any atom is 0.273 e. The highest BCUT2D eigenvalue weighted by atomic mass is 32.1. The number of carbonyl (C=O) groups is 2. The third-order valence-electron chi connectivity index (χ3n) is 3.75. The van der Waals surface area contributed by atoms with Crippen molar-refractivity contribution < 1.29 is 14.3 Å². The van der Waals surface area contributed by atoms with Crippen LogP contribution in [0.25, 0.3) is 0 Å². The number of hydrogen-bond acceptors (Lipinski definition) is 4. The predicted molar refractivity (Wildman–Crippen MR) is 108 cm³/mol. The highest BCUT2D eigenvalue weighted by Gasteiger charge is 2.13. The molecule has 0 saturated heterocycles. The number of hydrazine groups is 1. The van der Waals surface area contributed by atoms with Crippen LogP contribution in [0.3, 0.4) is 0 Å². The van der Waals surface area contributed by atoms with Crippen LogP contribution in [-0.4, -0.2) is 23.5 Å². The molecule has 7 heteroatoms. The molecule has 0 aliphatic rings. The normalized spacial score (nSPS) is 10.0. The number of nitrogens with one attached hydrogen (secondary N) is 3. The first-order valence-corrected chi connectivity index (χ1v) is 9.08. The van der Waals surface area contributed by atoms with Gasteiger partial charge in [0.05, 0.1) is 18.6 Å². The monoisotopic (exact) mass is 385 g/mol. The lowest BCUT2D eigenvalue weighted by atomic mass is 10.1. The van der Waals surface area contributed by atoms with E-state index < -0.39 is 5.91 Å². The third-order valence-corrected chi connectivity index (χ3v) is 3.95. The summed E-state index contributed by atoms with van der Waals surface area (Å²) in [7, 11) is 0. The van der Waals surface area contributed by atoms with Crippen LogP contribution in [0.15, 0.2) is 48.5 Å². The van der Waals surface area contributed by atoms with Gasteiger partial charge in [-0.2, -0.15) is 0 Å². The Morgan fingerprint density at radius 3 is 2.48 bits per heavy atom. The van der Waals surface area contributed by atoms with Crippen molar-refractivity contribution in [3.63, 3.8) is 0 Å². The van der Waals surface area contributed by atoms with Crippen molar-refractivity contribution in [2.75, 3.05) is 6.61 Å². The van der Waals surface area contributed by atoms with Crippen molar-refractivity contribution in [2.24, 2.45) is 0 Å². The van der Waals surface area contributed by atoms with Crippen molar-refractivity contribution in [2.45, 2.75) is 26.7 Å². The number of carbonyl (C=O) groups excluding carboxylic acids is 2. The Morgan fingerprint density at radius 2 is 1.74 bits per heavy atom. The van der Waals surface area contributed by atoms with E-state index in [1.807, 2.05) is 38.1 Å². The number of para-hydroxylation sites is 1. The number of thiocarbonyl (C=S) groups is 1. The minimum Gasteiger partial charge on any atom is -0.493 e. The molecule has 0 spiro atoms. The number of rotatable bonds is 6. The minimum atomic E-state index is -0.405.